The molecule has 0 saturated heterocycles. The molecule has 0 N–H and O–H groups in total. The van der Waals surface area contributed by atoms with Crippen LogP contribution in [0.15, 0.2) is 53.2 Å². The van der Waals surface area contributed by atoms with Gasteiger partial charge in [-0.25, -0.2) is 0 Å². The van der Waals surface area contributed by atoms with Gasteiger partial charge < -0.3 is 4.74 Å². The minimum atomic E-state index is 0.717. The molecule has 0 atom stereocenters. The zero-order chi connectivity index (χ0) is 13.8. The summed E-state index contributed by atoms with van der Waals surface area (Å²) in [5, 5.41) is 7.61. The predicted molar refractivity (Wildman–Crippen MR) is 90.1 cm³/mol. The largest absolute Gasteiger partial charge is 0.493 e. The maximum Gasteiger partial charge on any atom is 0.123 e. The molecule has 0 radical (unpaired) electrons. The summed E-state index contributed by atoms with van der Waals surface area (Å²) in [6.45, 7) is 0.717. The van der Waals surface area contributed by atoms with E-state index in [0.717, 1.165) is 24.1 Å². The van der Waals surface area contributed by atoms with Crippen molar-refractivity contribution in [2.24, 2.45) is 0 Å². The molecule has 0 saturated carbocycles. The Hall–Kier alpha value is -1.32. The molecule has 0 amide bonds. The molecule has 1 heterocycles. The van der Waals surface area contributed by atoms with Crippen LogP contribution in [0.2, 0.25) is 0 Å². The number of benzene rings is 2. The third-order valence-corrected chi connectivity index (χ3v) is 4.65. The molecule has 20 heavy (non-hydrogen) atoms. The van der Waals surface area contributed by atoms with Crippen molar-refractivity contribution in [2.45, 2.75) is 11.8 Å². The maximum atomic E-state index is 5.98. The first-order valence-electron chi connectivity index (χ1n) is 6.59. The van der Waals surface area contributed by atoms with Crippen molar-refractivity contribution in [2.75, 3.05) is 6.61 Å². The van der Waals surface area contributed by atoms with Crippen LogP contribution in [-0.2, 0) is 11.8 Å². The fourth-order valence-electron chi connectivity index (χ4n) is 2.30. The van der Waals surface area contributed by atoms with Gasteiger partial charge in [0.05, 0.1) is 6.61 Å². The number of hydrogen-bond donors (Lipinski definition) is 0. The van der Waals surface area contributed by atoms with Crippen LogP contribution in [0.5, 0.6) is 5.75 Å². The zero-order valence-corrected chi connectivity index (χ0v) is 13.4. The molecule has 0 aliphatic heterocycles. The fraction of sp³-hybridized carbons (Fsp3) is 0.176. The summed E-state index contributed by atoms with van der Waals surface area (Å²) in [5.41, 5.74) is 2.57. The van der Waals surface area contributed by atoms with E-state index in [4.69, 9.17) is 4.74 Å². The summed E-state index contributed by atoms with van der Waals surface area (Å²) in [6.07, 6.45) is 0.956. The Morgan fingerprint density at radius 1 is 1.05 bits per heavy atom. The molecule has 2 aromatic carbocycles. The molecule has 102 valence electrons. The van der Waals surface area contributed by atoms with Crippen molar-refractivity contribution < 1.29 is 4.74 Å². The van der Waals surface area contributed by atoms with Gasteiger partial charge in [-0.2, -0.15) is 11.3 Å². The Morgan fingerprint density at radius 2 is 1.95 bits per heavy atom. The van der Waals surface area contributed by atoms with Gasteiger partial charge in [0.25, 0.3) is 0 Å². The first kappa shape index (κ1) is 13.7. The van der Waals surface area contributed by atoms with Gasteiger partial charge in [-0.3, -0.25) is 0 Å². The Bertz CT molecular complexity index is 691. The molecule has 0 aliphatic rings. The highest BCUT2D eigenvalue weighted by Crippen LogP contribution is 2.30. The van der Waals surface area contributed by atoms with Crippen LogP contribution in [0.4, 0.5) is 0 Å². The second-order valence-electron chi connectivity index (χ2n) is 4.63. The summed E-state index contributed by atoms with van der Waals surface area (Å²) in [6, 6.07) is 14.8. The Balaban J connectivity index is 1.80. The first-order chi connectivity index (χ1) is 9.88. The molecular formula is C17H15BrOS. The second-order valence-corrected chi connectivity index (χ2v) is 5.97. The quantitative estimate of drug-likeness (QED) is 0.560. The number of rotatable bonds is 5. The molecule has 3 heteroatoms. The molecule has 0 aliphatic carbocycles. The lowest BCUT2D eigenvalue weighted by Crippen LogP contribution is -2.02. The van der Waals surface area contributed by atoms with Gasteiger partial charge in [0.15, 0.2) is 0 Å². The van der Waals surface area contributed by atoms with Gasteiger partial charge in [-0.05, 0) is 39.2 Å². The lowest BCUT2D eigenvalue weighted by Gasteiger charge is -2.12. The molecule has 0 spiro atoms. The Morgan fingerprint density at radius 3 is 2.75 bits per heavy atom. The van der Waals surface area contributed by atoms with Crippen LogP contribution < -0.4 is 4.74 Å². The monoisotopic (exact) mass is 346 g/mol. The van der Waals surface area contributed by atoms with E-state index in [1.54, 1.807) is 11.3 Å². The molecule has 0 fully saturated rings. The number of halogens is 1. The smallest absolute Gasteiger partial charge is 0.123 e. The van der Waals surface area contributed by atoms with Crippen LogP contribution >= 0.6 is 27.3 Å². The average Bonchev–Trinajstić information content (AvgIpc) is 3.00. The molecule has 3 rings (SSSR count). The lowest BCUT2D eigenvalue weighted by atomic mass is 10.0. The van der Waals surface area contributed by atoms with E-state index in [1.165, 1.54) is 21.9 Å². The molecule has 3 aromatic rings. The Kier molecular flexibility index (Phi) is 4.38. The van der Waals surface area contributed by atoms with Gasteiger partial charge in [0, 0.05) is 17.3 Å². The first-order valence-corrected chi connectivity index (χ1v) is 8.65. The van der Waals surface area contributed by atoms with Crippen molar-refractivity contribution in [3.05, 3.63) is 64.4 Å². The average molecular weight is 347 g/mol. The molecule has 1 nitrogen and oxygen atoms in total. The third-order valence-electron chi connectivity index (χ3n) is 3.36. The molecule has 0 bridgehead atoms. The van der Waals surface area contributed by atoms with E-state index in [-0.39, 0.29) is 0 Å². The number of alkyl halides is 1. The van der Waals surface area contributed by atoms with Crippen molar-refractivity contribution in [3.8, 4) is 5.75 Å². The second kappa shape index (κ2) is 6.42. The minimum Gasteiger partial charge on any atom is -0.493 e. The normalized spacial score (nSPS) is 10.8. The highest BCUT2D eigenvalue weighted by molar-refractivity contribution is 9.08. The van der Waals surface area contributed by atoms with Crippen LogP contribution in [0.3, 0.4) is 0 Å². The molecule has 1 aromatic heterocycles. The number of fused-ring (bicyclic) bond motifs is 1. The number of hydrogen-bond acceptors (Lipinski definition) is 2. The summed E-state index contributed by atoms with van der Waals surface area (Å²) in [4.78, 5) is 0. The standard InChI is InChI=1S/C17H15BrOS/c18-11-16-15-4-2-1-3-14(15)5-6-17(16)19-9-7-13-8-10-20-12-13/h1-6,8,10,12H,7,9,11H2. The predicted octanol–water partition coefficient (Wildman–Crippen LogP) is 5.42. The van der Waals surface area contributed by atoms with Crippen LogP contribution in [0.1, 0.15) is 11.1 Å². The van der Waals surface area contributed by atoms with Crippen LogP contribution in [0.25, 0.3) is 10.8 Å². The topological polar surface area (TPSA) is 9.23 Å². The summed E-state index contributed by atoms with van der Waals surface area (Å²) < 4.78 is 5.98. The van der Waals surface area contributed by atoms with Crippen LogP contribution in [-0.4, -0.2) is 6.61 Å². The highest BCUT2D eigenvalue weighted by Gasteiger charge is 2.07. The Labute approximate surface area is 131 Å². The van der Waals surface area contributed by atoms with E-state index in [0.29, 0.717) is 0 Å². The number of thiophene rings is 1. The maximum absolute atomic E-state index is 5.98. The number of ether oxygens (including phenoxy) is 1. The van der Waals surface area contributed by atoms with E-state index >= 15 is 0 Å². The van der Waals surface area contributed by atoms with Crippen molar-refractivity contribution in [1.29, 1.82) is 0 Å². The zero-order valence-electron chi connectivity index (χ0n) is 11.0. The van der Waals surface area contributed by atoms with Crippen molar-refractivity contribution in [1.82, 2.24) is 0 Å². The summed E-state index contributed by atoms with van der Waals surface area (Å²) in [5.74, 6) is 0.982. The van der Waals surface area contributed by atoms with E-state index in [1.807, 2.05) is 0 Å². The molecule has 0 unspecified atom stereocenters. The summed E-state index contributed by atoms with van der Waals surface area (Å²) in [7, 11) is 0. The minimum absolute atomic E-state index is 0.717. The van der Waals surface area contributed by atoms with Gasteiger partial charge in [0.1, 0.15) is 5.75 Å². The van der Waals surface area contributed by atoms with Crippen molar-refractivity contribution >= 4 is 38.0 Å². The van der Waals surface area contributed by atoms with Gasteiger partial charge in [-0.15, -0.1) is 0 Å². The van der Waals surface area contributed by atoms with Gasteiger partial charge in [0.2, 0.25) is 0 Å². The van der Waals surface area contributed by atoms with Gasteiger partial charge in [-0.1, -0.05) is 46.3 Å². The van der Waals surface area contributed by atoms with E-state index in [9.17, 15) is 0 Å². The molecular weight excluding hydrogens is 332 g/mol. The van der Waals surface area contributed by atoms with E-state index in [2.05, 4.69) is 69.2 Å². The highest BCUT2D eigenvalue weighted by atomic mass is 79.9. The van der Waals surface area contributed by atoms with Crippen molar-refractivity contribution in [3.63, 3.8) is 0 Å². The fourth-order valence-corrected chi connectivity index (χ4v) is 3.58. The van der Waals surface area contributed by atoms with Crippen LogP contribution in [0, 0.1) is 0 Å². The lowest BCUT2D eigenvalue weighted by molar-refractivity contribution is 0.320. The summed E-state index contributed by atoms with van der Waals surface area (Å²) >= 11 is 5.31. The third kappa shape index (κ3) is 2.89. The van der Waals surface area contributed by atoms with Gasteiger partial charge >= 0.3 is 0 Å². The SMILES string of the molecule is BrCc1c(OCCc2ccsc2)ccc2ccccc12. The van der Waals surface area contributed by atoms with E-state index < -0.39 is 0 Å².